The number of aromatic carboxylic acids is 1. The van der Waals surface area contributed by atoms with Crippen LogP contribution in [0.1, 0.15) is 10.4 Å². The number of carboxylic acid groups (broad SMARTS) is 1. The normalized spacial score (nSPS) is 9.50. The van der Waals surface area contributed by atoms with Crippen molar-refractivity contribution >= 4 is 17.6 Å². The van der Waals surface area contributed by atoms with Crippen LogP contribution >= 0.6 is 0 Å². The van der Waals surface area contributed by atoms with Crippen LogP contribution in [0.5, 0.6) is 0 Å². The maximum Gasteiger partial charge on any atom is 0.337 e. The highest BCUT2D eigenvalue weighted by atomic mass is 16.4. The van der Waals surface area contributed by atoms with Gasteiger partial charge in [0.05, 0.1) is 17.8 Å². The Hall–Kier alpha value is -1.88. The number of hydrogen-bond acceptors (Lipinski definition) is 3. The molecule has 5 nitrogen and oxygen atoms in total. The van der Waals surface area contributed by atoms with Gasteiger partial charge in [0, 0.05) is 0 Å². The van der Waals surface area contributed by atoms with E-state index in [1.807, 2.05) is 0 Å². The molecule has 0 unspecified atom stereocenters. The molecule has 74 valence electrons. The molecule has 0 atom stereocenters. The summed E-state index contributed by atoms with van der Waals surface area (Å²) in [5, 5.41) is 11.2. The van der Waals surface area contributed by atoms with Gasteiger partial charge in [0.2, 0.25) is 5.91 Å². The molecule has 0 heterocycles. The van der Waals surface area contributed by atoms with Crippen LogP contribution in [0.15, 0.2) is 24.3 Å². The third kappa shape index (κ3) is 2.30. The molecule has 1 rings (SSSR count). The summed E-state index contributed by atoms with van der Waals surface area (Å²) in [7, 11) is 0. The lowest BCUT2D eigenvalue weighted by atomic mass is 10.2. The number of nitrogens with one attached hydrogen (secondary N) is 1. The van der Waals surface area contributed by atoms with E-state index >= 15 is 0 Å². The molecular weight excluding hydrogens is 184 g/mol. The van der Waals surface area contributed by atoms with Crippen LogP contribution in [0.25, 0.3) is 0 Å². The van der Waals surface area contributed by atoms with E-state index in [2.05, 4.69) is 5.32 Å². The molecule has 0 spiro atoms. The van der Waals surface area contributed by atoms with Gasteiger partial charge in [0.1, 0.15) is 0 Å². The molecule has 1 aromatic carbocycles. The fourth-order valence-electron chi connectivity index (χ4n) is 0.980. The number of rotatable bonds is 3. The lowest BCUT2D eigenvalue weighted by Gasteiger charge is -2.06. The third-order valence-corrected chi connectivity index (χ3v) is 1.62. The summed E-state index contributed by atoms with van der Waals surface area (Å²) < 4.78 is 0. The fraction of sp³-hybridized carbons (Fsp3) is 0.111. The van der Waals surface area contributed by atoms with Crippen LogP contribution in [-0.2, 0) is 4.79 Å². The predicted octanol–water partition coefficient (Wildman–Crippen LogP) is 0.282. The van der Waals surface area contributed by atoms with Crippen LogP contribution in [0.3, 0.4) is 0 Å². The monoisotopic (exact) mass is 194 g/mol. The number of amides is 1. The van der Waals surface area contributed by atoms with Gasteiger partial charge in [-0.2, -0.15) is 0 Å². The zero-order valence-corrected chi connectivity index (χ0v) is 7.36. The Labute approximate surface area is 80.5 Å². The molecule has 0 aromatic heterocycles. The minimum atomic E-state index is -1.09. The van der Waals surface area contributed by atoms with Crippen molar-refractivity contribution in [3.05, 3.63) is 29.8 Å². The number of benzene rings is 1. The summed E-state index contributed by atoms with van der Waals surface area (Å²) in [4.78, 5) is 21.6. The van der Waals surface area contributed by atoms with Crippen molar-refractivity contribution in [3.63, 3.8) is 0 Å². The lowest BCUT2D eigenvalue weighted by Crippen LogP contribution is -2.23. The Morgan fingerprint density at radius 1 is 1.36 bits per heavy atom. The van der Waals surface area contributed by atoms with Gasteiger partial charge in [-0.1, -0.05) is 12.1 Å². The predicted molar refractivity (Wildman–Crippen MR) is 51.1 cm³/mol. The summed E-state index contributed by atoms with van der Waals surface area (Å²) in [5.41, 5.74) is 5.40. The minimum Gasteiger partial charge on any atom is -0.478 e. The number of carboxylic acids is 1. The smallest absolute Gasteiger partial charge is 0.337 e. The van der Waals surface area contributed by atoms with Crippen LogP contribution in [0, 0.1) is 0 Å². The van der Waals surface area contributed by atoms with Gasteiger partial charge in [0.15, 0.2) is 0 Å². The number of hydrogen-bond donors (Lipinski definition) is 3. The lowest BCUT2D eigenvalue weighted by molar-refractivity contribution is -0.114. The van der Waals surface area contributed by atoms with Crippen molar-refractivity contribution in [2.75, 3.05) is 11.9 Å². The summed E-state index contributed by atoms with van der Waals surface area (Å²) in [6.07, 6.45) is 0. The second kappa shape index (κ2) is 4.38. The first-order chi connectivity index (χ1) is 6.65. The zero-order valence-electron chi connectivity index (χ0n) is 7.36. The van der Waals surface area contributed by atoms with Crippen molar-refractivity contribution in [2.24, 2.45) is 5.73 Å². The first-order valence-electron chi connectivity index (χ1n) is 3.97. The molecule has 0 saturated heterocycles. The molecular formula is C9H10N2O3. The third-order valence-electron chi connectivity index (χ3n) is 1.62. The van der Waals surface area contributed by atoms with Crippen molar-refractivity contribution < 1.29 is 14.7 Å². The maximum atomic E-state index is 10.9. The quantitative estimate of drug-likeness (QED) is 0.644. The number of carbonyl (C=O) groups is 2. The van der Waals surface area contributed by atoms with E-state index in [-0.39, 0.29) is 17.8 Å². The maximum absolute atomic E-state index is 10.9. The van der Waals surface area contributed by atoms with Crippen LogP contribution in [0.2, 0.25) is 0 Å². The molecule has 0 aliphatic carbocycles. The molecule has 14 heavy (non-hydrogen) atoms. The van der Waals surface area contributed by atoms with Crippen molar-refractivity contribution in [2.45, 2.75) is 0 Å². The largest absolute Gasteiger partial charge is 0.478 e. The number of nitrogens with two attached hydrogens (primary N) is 1. The average molecular weight is 194 g/mol. The molecule has 5 heteroatoms. The van der Waals surface area contributed by atoms with Gasteiger partial charge in [-0.15, -0.1) is 0 Å². The van der Waals surface area contributed by atoms with Gasteiger partial charge >= 0.3 is 5.97 Å². The summed E-state index contributed by atoms with van der Waals surface area (Å²) in [5.74, 6) is -1.50. The average Bonchev–Trinajstić information content (AvgIpc) is 2.18. The number of para-hydroxylation sites is 1. The van der Waals surface area contributed by atoms with Crippen LogP contribution < -0.4 is 11.1 Å². The molecule has 0 radical (unpaired) electrons. The highest BCUT2D eigenvalue weighted by Crippen LogP contribution is 2.14. The second-order valence-electron chi connectivity index (χ2n) is 2.60. The topological polar surface area (TPSA) is 92.4 Å². The highest BCUT2D eigenvalue weighted by molar-refractivity contribution is 6.00. The standard InChI is InChI=1S/C9H10N2O3/c10-5-8(12)11-7-4-2-1-3-6(7)9(13)14/h1-4H,5,10H2,(H,11,12)(H,13,14). The Bertz CT molecular complexity index is 363. The van der Waals surface area contributed by atoms with E-state index in [0.717, 1.165) is 0 Å². The molecule has 0 aliphatic heterocycles. The first-order valence-corrected chi connectivity index (χ1v) is 3.97. The van der Waals surface area contributed by atoms with E-state index < -0.39 is 11.9 Å². The van der Waals surface area contributed by atoms with Crippen molar-refractivity contribution in [1.82, 2.24) is 0 Å². The SMILES string of the molecule is NCC(=O)Nc1ccccc1C(=O)O. The molecule has 1 amide bonds. The summed E-state index contributed by atoms with van der Waals surface area (Å²) >= 11 is 0. The molecule has 0 saturated carbocycles. The second-order valence-corrected chi connectivity index (χ2v) is 2.60. The Kier molecular flexibility index (Phi) is 3.19. The molecule has 0 fully saturated rings. The van der Waals surface area contributed by atoms with Crippen LogP contribution in [0.4, 0.5) is 5.69 Å². The Balaban J connectivity index is 2.95. The van der Waals surface area contributed by atoms with Gasteiger partial charge in [-0.05, 0) is 12.1 Å². The molecule has 0 bridgehead atoms. The van der Waals surface area contributed by atoms with Gasteiger partial charge in [-0.25, -0.2) is 4.79 Å². The van der Waals surface area contributed by atoms with E-state index in [9.17, 15) is 9.59 Å². The minimum absolute atomic E-state index is 0.0503. The van der Waals surface area contributed by atoms with E-state index in [0.29, 0.717) is 0 Å². The zero-order chi connectivity index (χ0) is 10.6. The van der Waals surface area contributed by atoms with Crippen molar-refractivity contribution in [3.8, 4) is 0 Å². The van der Waals surface area contributed by atoms with E-state index in [1.165, 1.54) is 12.1 Å². The van der Waals surface area contributed by atoms with E-state index in [4.69, 9.17) is 10.8 Å². The highest BCUT2D eigenvalue weighted by Gasteiger charge is 2.10. The van der Waals surface area contributed by atoms with Crippen molar-refractivity contribution in [1.29, 1.82) is 0 Å². The molecule has 4 N–H and O–H groups in total. The fourth-order valence-corrected chi connectivity index (χ4v) is 0.980. The van der Waals surface area contributed by atoms with Gasteiger partial charge in [0.25, 0.3) is 0 Å². The van der Waals surface area contributed by atoms with E-state index in [1.54, 1.807) is 12.1 Å². The number of carbonyl (C=O) groups excluding carboxylic acids is 1. The number of anilines is 1. The molecule has 0 aliphatic rings. The van der Waals surface area contributed by atoms with Gasteiger partial charge in [-0.3, -0.25) is 4.79 Å². The summed E-state index contributed by atoms with van der Waals surface area (Å²) in [6, 6.07) is 6.14. The summed E-state index contributed by atoms with van der Waals surface area (Å²) in [6.45, 7) is -0.173. The first kappa shape index (κ1) is 10.2. The van der Waals surface area contributed by atoms with Crippen LogP contribution in [-0.4, -0.2) is 23.5 Å². The molecule has 1 aromatic rings. The van der Waals surface area contributed by atoms with Gasteiger partial charge < -0.3 is 16.2 Å². The Morgan fingerprint density at radius 2 is 2.00 bits per heavy atom. The Morgan fingerprint density at radius 3 is 2.57 bits per heavy atom.